The maximum atomic E-state index is 13.8. The monoisotopic (exact) mass is 356 g/mol. The van der Waals surface area contributed by atoms with Crippen LogP contribution in [0.5, 0.6) is 0 Å². The lowest BCUT2D eigenvalue weighted by Crippen LogP contribution is -2.36. The molecule has 138 valence electrons. The van der Waals surface area contributed by atoms with E-state index in [1.807, 2.05) is 11.0 Å². The van der Waals surface area contributed by atoms with E-state index in [9.17, 15) is 9.18 Å². The zero-order valence-electron chi connectivity index (χ0n) is 15.0. The Morgan fingerprint density at radius 2 is 1.92 bits per heavy atom. The van der Waals surface area contributed by atoms with Crippen molar-refractivity contribution in [3.05, 3.63) is 47.5 Å². The van der Waals surface area contributed by atoms with Gasteiger partial charge < -0.3 is 10.2 Å². The zero-order chi connectivity index (χ0) is 17.9. The number of nitrogens with one attached hydrogen (secondary N) is 1. The Morgan fingerprint density at radius 1 is 1.15 bits per heavy atom. The maximum absolute atomic E-state index is 13.8. The van der Waals surface area contributed by atoms with E-state index in [2.05, 4.69) is 10.4 Å². The number of carbonyl (C=O) groups excluding carboxylic acids is 1. The van der Waals surface area contributed by atoms with Gasteiger partial charge in [-0.05, 0) is 63.4 Å². The second-order valence-electron chi connectivity index (χ2n) is 7.21. The fraction of sp³-hybridized carbons (Fsp3) is 0.500. The van der Waals surface area contributed by atoms with Crippen molar-refractivity contribution in [2.45, 2.75) is 38.0 Å². The van der Waals surface area contributed by atoms with E-state index in [0.29, 0.717) is 11.3 Å². The minimum atomic E-state index is -0.293. The molecule has 2 aliphatic rings. The van der Waals surface area contributed by atoms with Gasteiger partial charge in [-0.25, -0.2) is 9.07 Å². The molecule has 1 N–H and O–H groups in total. The highest BCUT2D eigenvalue weighted by molar-refractivity contribution is 5.95. The van der Waals surface area contributed by atoms with E-state index in [1.165, 1.54) is 18.6 Å². The van der Waals surface area contributed by atoms with E-state index < -0.39 is 0 Å². The fourth-order valence-corrected chi connectivity index (χ4v) is 4.09. The van der Waals surface area contributed by atoms with Crippen LogP contribution in [-0.2, 0) is 0 Å². The van der Waals surface area contributed by atoms with Crippen molar-refractivity contribution >= 4 is 5.91 Å². The van der Waals surface area contributed by atoms with Gasteiger partial charge >= 0.3 is 0 Å². The molecule has 0 aliphatic carbocycles. The average molecular weight is 356 g/mol. The minimum Gasteiger partial charge on any atom is -0.339 e. The van der Waals surface area contributed by atoms with E-state index in [0.717, 1.165) is 57.6 Å². The highest BCUT2D eigenvalue weighted by Gasteiger charge is 2.29. The first-order valence-corrected chi connectivity index (χ1v) is 9.58. The molecule has 0 bridgehead atoms. The molecule has 0 unspecified atom stereocenters. The smallest absolute Gasteiger partial charge is 0.257 e. The second-order valence-corrected chi connectivity index (χ2v) is 7.21. The summed E-state index contributed by atoms with van der Waals surface area (Å²) in [4.78, 5) is 15.1. The predicted molar refractivity (Wildman–Crippen MR) is 98.1 cm³/mol. The molecule has 1 aromatic heterocycles. The van der Waals surface area contributed by atoms with E-state index in [-0.39, 0.29) is 17.6 Å². The first-order chi connectivity index (χ1) is 12.7. The molecule has 4 rings (SSSR count). The number of halogens is 1. The summed E-state index contributed by atoms with van der Waals surface area (Å²) in [5, 5.41) is 7.87. The Labute approximate surface area is 153 Å². The number of nitrogens with zero attached hydrogens (tertiary/aromatic N) is 3. The second kappa shape index (κ2) is 7.58. The number of aromatic nitrogens is 2. The van der Waals surface area contributed by atoms with Gasteiger partial charge in [0.2, 0.25) is 0 Å². The van der Waals surface area contributed by atoms with Crippen molar-refractivity contribution in [2.24, 2.45) is 0 Å². The van der Waals surface area contributed by atoms with Gasteiger partial charge in [-0.1, -0.05) is 6.07 Å². The third-order valence-electron chi connectivity index (χ3n) is 5.46. The molecule has 1 amide bonds. The van der Waals surface area contributed by atoms with E-state index >= 15 is 0 Å². The van der Waals surface area contributed by atoms with Crippen LogP contribution in [0.4, 0.5) is 4.39 Å². The quantitative estimate of drug-likeness (QED) is 0.919. The molecular weight excluding hydrogens is 331 g/mol. The molecule has 2 aromatic rings. The van der Waals surface area contributed by atoms with Gasteiger partial charge in [-0.2, -0.15) is 5.10 Å². The van der Waals surface area contributed by atoms with Crippen LogP contribution >= 0.6 is 0 Å². The molecular formula is C20H25FN4O. The van der Waals surface area contributed by atoms with Gasteiger partial charge in [0.1, 0.15) is 5.82 Å². The Morgan fingerprint density at radius 3 is 2.65 bits per heavy atom. The summed E-state index contributed by atoms with van der Waals surface area (Å²) in [7, 11) is 0. The van der Waals surface area contributed by atoms with Gasteiger partial charge in [0.05, 0.1) is 23.1 Å². The normalized spacial score (nSPS) is 18.9. The summed E-state index contributed by atoms with van der Waals surface area (Å²) in [6.45, 7) is 3.48. The number of benzene rings is 1. The number of rotatable bonds is 3. The molecule has 2 saturated heterocycles. The fourth-order valence-electron chi connectivity index (χ4n) is 4.09. The van der Waals surface area contributed by atoms with Crippen molar-refractivity contribution in [1.82, 2.24) is 20.0 Å². The van der Waals surface area contributed by atoms with Crippen LogP contribution in [0, 0.1) is 5.82 Å². The van der Waals surface area contributed by atoms with Gasteiger partial charge in [0.25, 0.3) is 5.91 Å². The standard InChI is InChI=1S/C20H25FN4O/c21-16-5-4-6-17(13-16)25-19(15-7-9-22-10-8-15)18(14-23-25)20(26)24-11-2-1-3-12-24/h4-6,13-15,22H,1-3,7-12H2. The molecule has 2 aliphatic heterocycles. The Balaban J connectivity index is 1.74. The molecule has 1 aromatic carbocycles. The van der Waals surface area contributed by atoms with Crippen LogP contribution < -0.4 is 5.32 Å². The molecule has 3 heterocycles. The topological polar surface area (TPSA) is 50.2 Å². The van der Waals surface area contributed by atoms with Crippen LogP contribution in [0.15, 0.2) is 30.5 Å². The number of likely N-dealkylation sites (tertiary alicyclic amines) is 1. The Bertz CT molecular complexity index is 776. The number of carbonyl (C=O) groups is 1. The Hall–Kier alpha value is -2.21. The van der Waals surface area contributed by atoms with Gasteiger partial charge in [0, 0.05) is 19.0 Å². The molecule has 0 saturated carbocycles. The molecule has 5 nitrogen and oxygen atoms in total. The van der Waals surface area contributed by atoms with Crippen LogP contribution in [-0.4, -0.2) is 46.8 Å². The summed E-state index contributed by atoms with van der Waals surface area (Å²) >= 11 is 0. The zero-order valence-corrected chi connectivity index (χ0v) is 15.0. The lowest BCUT2D eigenvalue weighted by molar-refractivity contribution is 0.0722. The number of hydrogen-bond donors (Lipinski definition) is 1. The first-order valence-electron chi connectivity index (χ1n) is 9.58. The predicted octanol–water partition coefficient (Wildman–Crippen LogP) is 3.10. The van der Waals surface area contributed by atoms with Crippen LogP contribution in [0.25, 0.3) is 5.69 Å². The van der Waals surface area contributed by atoms with Crippen molar-refractivity contribution in [3.63, 3.8) is 0 Å². The summed E-state index contributed by atoms with van der Waals surface area (Å²) in [6, 6.07) is 6.43. The molecule has 26 heavy (non-hydrogen) atoms. The van der Waals surface area contributed by atoms with Gasteiger partial charge in [-0.3, -0.25) is 4.79 Å². The SMILES string of the molecule is O=C(c1cnn(-c2cccc(F)c2)c1C1CCNCC1)N1CCCCC1. The lowest BCUT2D eigenvalue weighted by atomic mass is 9.91. The summed E-state index contributed by atoms with van der Waals surface area (Å²) in [6.07, 6.45) is 6.91. The van der Waals surface area contributed by atoms with E-state index in [4.69, 9.17) is 0 Å². The van der Waals surface area contributed by atoms with Crippen molar-refractivity contribution in [3.8, 4) is 5.69 Å². The van der Waals surface area contributed by atoms with Crippen LogP contribution in [0.2, 0.25) is 0 Å². The number of amides is 1. The van der Waals surface area contributed by atoms with Crippen LogP contribution in [0.3, 0.4) is 0 Å². The van der Waals surface area contributed by atoms with Crippen molar-refractivity contribution in [1.29, 1.82) is 0 Å². The molecule has 0 radical (unpaired) electrons. The lowest BCUT2D eigenvalue weighted by Gasteiger charge is -2.29. The third kappa shape index (κ3) is 3.38. The molecule has 0 atom stereocenters. The van der Waals surface area contributed by atoms with Gasteiger partial charge in [-0.15, -0.1) is 0 Å². The summed E-state index contributed by atoms with van der Waals surface area (Å²) in [5.74, 6) is 0.0322. The summed E-state index contributed by atoms with van der Waals surface area (Å²) < 4.78 is 15.5. The largest absolute Gasteiger partial charge is 0.339 e. The minimum absolute atomic E-state index is 0.0703. The highest BCUT2D eigenvalue weighted by atomic mass is 19.1. The Kier molecular flexibility index (Phi) is 5.02. The highest BCUT2D eigenvalue weighted by Crippen LogP contribution is 2.31. The summed E-state index contributed by atoms with van der Waals surface area (Å²) in [5.41, 5.74) is 2.30. The van der Waals surface area contributed by atoms with Crippen molar-refractivity contribution in [2.75, 3.05) is 26.2 Å². The van der Waals surface area contributed by atoms with Gasteiger partial charge in [0.15, 0.2) is 0 Å². The van der Waals surface area contributed by atoms with Crippen molar-refractivity contribution < 1.29 is 9.18 Å². The van der Waals surface area contributed by atoms with Crippen LogP contribution in [0.1, 0.15) is 54.1 Å². The number of piperidine rings is 2. The number of hydrogen-bond acceptors (Lipinski definition) is 3. The molecule has 6 heteroatoms. The third-order valence-corrected chi connectivity index (χ3v) is 5.46. The maximum Gasteiger partial charge on any atom is 0.257 e. The molecule has 0 spiro atoms. The van der Waals surface area contributed by atoms with E-state index in [1.54, 1.807) is 16.9 Å². The average Bonchev–Trinajstić information content (AvgIpc) is 3.14. The first kappa shape index (κ1) is 17.2. The molecule has 2 fully saturated rings.